The zero-order chi connectivity index (χ0) is 17.3. The van der Waals surface area contributed by atoms with Gasteiger partial charge >= 0.3 is 0 Å². The summed E-state index contributed by atoms with van der Waals surface area (Å²) in [6.45, 7) is 0.535. The lowest BCUT2D eigenvalue weighted by Gasteiger charge is -2.17. The Bertz CT molecular complexity index is 869. The fourth-order valence-electron chi connectivity index (χ4n) is 2.55. The number of anilines is 1. The van der Waals surface area contributed by atoms with E-state index in [0.717, 1.165) is 21.1 Å². The third-order valence-corrected chi connectivity index (χ3v) is 4.40. The summed E-state index contributed by atoms with van der Waals surface area (Å²) in [5.41, 5.74) is 2.93. The van der Waals surface area contributed by atoms with Crippen molar-refractivity contribution in [2.24, 2.45) is 0 Å². The van der Waals surface area contributed by atoms with Gasteiger partial charge in [0.2, 0.25) is 0 Å². The number of nitrogens with zero attached hydrogens (tertiary/aromatic N) is 2. The second-order valence-corrected chi connectivity index (χ2v) is 6.93. The number of carbonyl (C=O) groups excluding carboxylic acids is 1. The standard InChI is InChI=1S/C19H19BrN2O2/c1-21(2)16-7-4-13(5-8-16)12-22(3)19(23)18-11-14-10-15(20)6-9-17(14)24-18/h4-11H,12H2,1-3H3. The second-order valence-electron chi connectivity index (χ2n) is 6.01. The molecule has 5 heteroatoms. The summed E-state index contributed by atoms with van der Waals surface area (Å²) in [5.74, 6) is 0.231. The zero-order valence-corrected chi connectivity index (χ0v) is 15.5. The van der Waals surface area contributed by atoms with E-state index in [1.807, 2.05) is 61.5 Å². The second kappa shape index (κ2) is 6.69. The first-order chi connectivity index (χ1) is 11.4. The number of halogens is 1. The number of furan rings is 1. The molecule has 0 spiro atoms. The van der Waals surface area contributed by atoms with Crippen LogP contribution in [0.1, 0.15) is 16.1 Å². The molecule has 3 rings (SSSR count). The van der Waals surface area contributed by atoms with Crippen LogP contribution in [0.15, 0.2) is 57.4 Å². The number of hydrogen-bond acceptors (Lipinski definition) is 3. The van der Waals surface area contributed by atoms with Crippen molar-refractivity contribution in [3.05, 3.63) is 64.3 Å². The molecule has 0 aliphatic heterocycles. The van der Waals surface area contributed by atoms with Crippen molar-refractivity contribution in [1.29, 1.82) is 0 Å². The van der Waals surface area contributed by atoms with Crippen molar-refractivity contribution in [2.45, 2.75) is 6.54 Å². The molecule has 24 heavy (non-hydrogen) atoms. The average Bonchev–Trinajstić information content (AvgIpc) is 2.97. The summed E-state index contributed by atoms with van der Waals surface area (Å²) in [5, 5.41) is 0.913. The van der Waals surface area contributed by atoms with Crippen molar-refractivity contribution in [1.82, 2.24) is 4.90 Å². The van der Waals surface area contributed by atoms with E-state index < -0.39 is 0 Å². The normalized spacial score (nSPS) is 10.8. The van der Waals surface area contributed by atoms with Crippen LogP contribution in [-0.2, 0) is 6.54 Å². The number of fused-ring (bicyclic) bond motifs is 1. The van der Waals surface area contributed by atoms with Gasteiger partial charge in [0, 0.05) is 43.2 Å². The van der Waals surface area contributed by atoms with Crippen molar-refractivity contribution < 1.29 is 9.21 Å². The highest BCUT2D eigenvalue weighted by atomic mass is 79.9. The maximum atomic E-state index is 12.6. The Hall–Kier alpha value is -2.27. The van der Waals surface area contributed by atoms with E-state index in [-0.39, 0.29) is 5.91 Å². The van der Waals surface area contributed by atoms with Gasteiger partial charge in [0.1, 0.15) is 5.58 Å². The number of rotatable bonds is 4. The molecular weight excluding hydrogens is 368 g/mol. The van der Waals surface area contributed by atoms with Crippen LogP contribution in [0.25, 0.3) is 11.0 Å². The summed E-state index contributed by atoms with van der Waals surface area (Å²) in [4.78, 5) is 16.3. The summed E-state index contributed by atoms with van der Waals surface area (Å²) in [6.07, 6.45) is 0. The Kier molecular flexibility index (Phi) is 4.62. The molecule has 1 amide bonds. The molecule has 0 aliphatic carbocycles. The Morgan fingerprint density at radius 3 is 2.42 bits per heavy atom. The first kappa shape index (κ1) is 16.6. The van der Waals surface area contributed by atoms with E-state index in [1.54, 1.807) is 18.0 Å². The topological polar surface area (TPSA) is 36.7 Å². The monoisotopic (exact) mass is 386 g/mol. The maximum Gasteiger partial charge on any atom is 0.289 e. The Labute approximate surface area is 149 Å². The molecule has 1 aromatic heterocycles. The van der Waals surface area contributed by atoms with Gasteiger partial charge in [-0.1, -0.05) is 28.1 Å². The van der Waals surface area contributed by atoms with Crippen LogP contribution < -0.4 is 4.90 Å². The van der Waals surface area contributed by atoms with Crippen LogP contribution >= 0.6 is 15.9 Å². The first-order valence-electron chi connectivity index (χ1n) is 7.65. The lowest BCUT2D eigenvalue weighted by Crippen LogP contribution is -2.25. The van der Waals surface area contributed by atoms with Crippen molar-refractivity contribution >= 4 is 38.5 Å². The molecule has 0 unspecified atom stereocenters. The van der Waals surface area contributed by atoms with Crippen molar-refractivity contribution in [2.75, 3.05) is 26.0 Å². The summed E-state index contributed by atoms with van der Waals surface area (Å²) in [7, 11) is 5.79. The smallest absolute Gasteiger partial charge is 0.289 e. The number of carbonyl (C=O) groups is 1. The summed E-state index contributed by atoms with van der Waals surface area (Å²) >= 11 is 3.43. The largest absolute Gasteiger partial charge is 0.451 e. The van der Waals surface area contributed by atoms with Gasteiger partial charge < -0.3 is 14.2 Å². The van der Waals surface area contributed by atoms with E-state index >= 15 is 0 Å². The van der Waals surface area contributed by atoms with Gasteiger partial charge in [-0.2, -0.15) is 0 Å². The van der Waals surface area contributed by atoms with Crippen LogP contribution in [0.3, 0.4) is 0 Å². The molecule has 0 bridgehead atoms. The van der Waals surface area contributed by atoms with Crippen LogP contribution in [0.2, 0.25) is 0 Å². The fraction of sp³-hybridized carbons (Fsp3) is 0.211. The number of hydrogen-bond donors (Lipinski definition) is 0. The van der Waals surface area contributed by atoms with E-state index in [1.165, 1.54) is 0 Å². The average molecular weight is 387 g/mol. The molecular formula is C19H19BrN2O2. The zero-order valence-electron chi connectivity index (χ0n) is 13.9. The molecule has 0 aliphatic rings. The lowest BCUT2D eigenvalue weighted by molar-refractivity contribution is 0.0756. The third-order valence-electron chi connectivity index (χ3n) is 3.91. The Morgan fingerprint density at radius 1 is 1.04 bits per heavy atom. The van der Waals surface area contributed by atoms with Gasteiger partial charge in [0.05, 0.1) is 0 Å². The summed E-state index contributed by atoms with van der Waals surface area (Å²) < 4.78 is 6.64. The van der Waals surface area contributed by atoms with Crippen LogP contribution in [0.4, 0.5) is 5.69 Å². The van der Waals surface area contributed by atoms with Gasteiger partial charge in [0.25, 0.3) is 5.91 Å². The molecule has 0 saturated heterocycles. The fourth-order valence-corrected chi connectivity index (χ4v) is 2.93. The SMILES string of the molecule is CN(Cc1ccc(N(C)C)cc1)C(=O)c1cc2cc(Br)ccc2o1. The molecule has 4 nitrogen and oxygen atoms in total. The highest BCUT2D eigenvalue weighted by molar-refractivity contribution is 9.10. The van der Waals surface area contributed by atoms with Gasteiger partial charge in [0.15, 0.2) is 5.76 Å². The highest BCUT2D eigenvalue weighted by Crippen LogP contribution is 2.24. The van der Waals surface area contributed by atoms with Crippen LogP contribution in [-0.4, -0.2) is 32.0 Å². The van der Waals surface area contributed by atoms with Gasteiger partial charge in [-0.25, -0.2) is 0 Å². The minimum atomic E-state index is -0.126. The van der Waals surface area contributed by atoms with Gasteiger partial charge in [-0.15, -0.1) is 0 Å². The molecule has 3 aromatic rings. The van der Waals surface area contributed by atoms with E-state index in [4.69, 9.17) is 4.42 Å². The third kappa shape index (κ3) is 3.46. The summed E-state index contributed by atoms with van der Waals surface area (Å²) in [6, 6.07) is 15.7. The van der Waals surface area contributed by atoms with Crippen LogP contribution in [0, 0.1) is 0 Å². The minimum Gasteiger partial charge on any atom is -0.451 e. The molecule has 0 N–H and O–H groups in total. The molecule has 1 heterocycles. The van der Waals surface area contributed by atoms with Crippen molar-refractivity contribution in [3.63, 3.8) is 0 Å². The quantitative estimate of drug-likeness (QED) is 0.660. The molecule has 0 atom stereocenters. The molecule has 0 saturated carbocycles. The first-order valence-corrected chi connectivity index (χ1v) is 8.44. The van der Waals surface area contributed by atoms with E-state index in [0.29, 0.717) is 17.9 Å². The molecule has 2 aromatic carbocycles. The van der Waals surface area contributed by atoms with E-state index in [9.17, 15) is 4.79 Å². The van der Waals surface area contributed by atoms with Crippen molar-refractivity contribution in [3.8, 4) is 0 Å². The predicted octanol–water partition coefficient (Wildman–Crippen LogP) is 4.53. The maximum absolute atomic E-state index is 12.6. The Balaban J connectivity index is 1.75. The molecule has 0 radical (unpaired) electrons. The number of amides is 1. The predicted molar refractivity (Wildman–Crippen MR) is 100 cm³/mol. The highest BCUT2D eigenvalue weighted by Gasteiger charge is 2.17. The van der Waals surface area contributed by atoms with Crippen LogP contribution in [0.5, 0.6) is 0 Å². The van der Waals surface area contributed by atoms with Gasteiger partial charge in [-0.3, -0.25) is 4.79 Å². The van der Waals surface area contributed by atoms with Gasteiger partial charge in [-0.05, 0) is 42.0 Å². The Morgan fingerprint density at radius 2 is 1.75 bits per heavy atom. The molecule has 124 valence electrons. The molecule has 0 fully saturated rings. The lowest BCUT2D eigenvalue weighted by atomic mass is 10.2. The number of benzene rings is 2. The van der Waals surface area contributed by atoms with E-state index in [2.05, 4.69) is 15.9 Å². The minimum absolute atomic E-state index is 0.126.